The molecule has 0 aliphatic heterocycles. The van der Waals surface area contributed by atoms with Crippen molar-refractivity contribution in [1.29, 1.82) is 0 Å². The molecule has 0 radical (unpaired) electrons. The predicted molar refractivity (Wildman–Crippen MR) is 141 cm³/mol. The third kappa shape index (κ3) is 3.54. The van der Waals surface area contributed by atoms with Crippen molar-refractivity contribution in [3.63, 3.8) is 0 Å². The number of hydrogen-bond acceptors (Lipinski definition) is 2. The molecule has 0 amide bonds. The molecule has 2 nitrogen and oxygen atoms in total. The molecular formula is C32H24O2. The number of rotatable bonds is 4. The maximum absolute atomic E-state index is 6.06. The Kier molecular flexibility index (Phi) is 4.92. The van der Waals surface area contributed by atoms with E-state index in [0.717, 1.165) is 44.4 Å². The maximum Gasteiger partial charge on any atom is 0.135 e. The number of hydrogen-bond donors (Lipinski definition) is 0. The van der Waals surface area contributed by atoms with Crippen LogP contribution in [0.3, 0.4) is 0 Å². The summed E-state index contributed by atoms with van der Waals surface area (Å²) in [4.78, 5) is 0. The Bertz CT molecular complexity index is 1640. The molecule has 0 saturated heterocycles. The zero-order valence-corrected chi connectivity index (χ0v) is 19.2. The second-order valence-corrected chi connectivity index (χ2v) is 8.67. The number of ether oxygens (including phenoxy) is 1. The van der Waals surface area contributed by atoms with E-state index in [1.807, 2.05) is 6.07 Å². The third-order valence-electron chi connectivity index (χ3n) is 6.44. The zero-order chi connectivity index (χ0) is 23.1. The number of fused-ring (bicyclic) bond motifs is 3. The quantitative estimate of drug-likeness (QED) is 0.273. The molecule has 0 fully saturated rings. The molecule has 5 aromatic carbocycles. The van der Waals surface area contributed by atoms with Crippen LogP contribution in [0, 0.1) is 6.92 Å². The number of methoxy groups -OCH3 is 1. The molecule has 2 heteroatoms. The van der Waals surface area contributed by atoms with E-state index >= 15 is 0 Å². The Hall–Kier alpha value is -4.30. The van der Waals surface area contributed by atoms with Gasteiger partial charge in [0.2, 0.25) is 0 Å². The summed E-state index contributed by atoms with van der Waals surface area (Å²) in [5.41, 5.74) is 10.0. The van der Waals surface area contributed by atoms with Crippen LogP contribution in [0.1, 0.15) is 5.56 Å². The summed E-state index contributed by atoms with van der Waals surface area (Å²) in [5.74, 6) is 0.874. The topological polar surface area (TPSA) is 22.4 Å². The molecule has 0 aliphatic rings. The lowest BCUT2D eigenvalue weighted by molar-refractivity contribution is 0.416. The highest BCUT2D eigenvalue weighted by molar-refractivity contribution is 6.06. The van der Waals surface area contributed by atoms with E-state index in [-0.39, 0.29) is 0 Å². The van der Waals surface area contributed by atoms with E-state index in [1.54, 1.807) is 7.11 Å². The second kappa shape index (κ2) is 8.24. The van der Waals surface area contributed by atoms with E-state index in [1.165, 1.54) is 22.3 Å². The van der Waals surface area contributed by atoms with E-state index in [9.17, 15) is 0 Å². The summed E-state index contributed by atoms with van der Waals surface area (Å²) in [6, 6.07) is 38.3. The van der Waals surface area contributed by atoms with Gasteiger partial charge in [0.25, 0.3) is 0 Å². The van der Waals surface area contributed by atoms with Crippen molar-refractivity contribution >= 4 is 21.9 Å². The molecule has 6 rings (SSSR count). The molecule has 1 aromatic heterocycles. The van der Waals surface area contributed by atoms with Crippen molar-refractivity contribution in [2.45, 2.75) is 6.92 Å². The molecule has 164 valence electrons. The molecular weight excluding hydrogens is 416 g/mol. The summed E-state index contributed by atoms with van der Waals surface area (Å²) in [5, 5.41) is 2.31. The normalized spacial score (nSPS) is 11.2. The average molecular weight is 441 g/mol. The average Bonchev–Trinajstić information content (AvgIpc) is 3.26. The van der Waals surface area contributed by atoms with Crippen molar-refractivity contribution in [2.75, 3.05) is 7.11 Å². The summed E-state index contributed by atoms with van der Waals surface area (Å²) in [6.45, 7) is 2.12. The van der Waals surface area contributed by atoms with Crippen molar-refractivity contribution in [1.82, 2.24) is 0 Å². The first-order valence-corrected chi connectivity index (χ1v) is 11.5. The lowest BCUT2D eigenvalue weighted by Crippen LogP contribution is -1.89. The van der Waals surface area contributed by atoms with Gasteiger partial charge in [-0.3, -0.25) is 0 Å². The molecule has 0 aliphatic carbocycles. The lowest BCUT2D eigenvalue weighted by atomic mass is 9.95. The predicted octanol–water partition coefficient (Wildman–Crippen LogP) is 8.90. The fraction of sp³-hybridized carbons (Fsp3) is 0.0625. The summed E-state index contributed by atoms with van der Waals surface area (Å²) in [6.07, 6.45) is 0. The fourth-order valence-electron chi connectivity index (χ4n) is 4.68. The Morgan fingerprint density at radius 1 is 0.529 bits per heavy atom. The largest absolute Gasteiger partial charge is 0.496 e. The highest BCUT2D eigenvalue weighted by atomic mass is 16.5. The first-order valence-electron chi connectivity index (χ1n) is 11.5. The minimum Gasteiger partial charge on any atom is -0.496 e. The molecule has 6 aromatic rings. The molecule has 34 heavy (non-hydrogen) atoms. The molecule has 0 atom stereocenters. The maximum atomic E-state index is 6.06. The fourth-order valence-corrected chi connectivity index (χ4v) is 4.68. The van der Waals surface area contributed by atoms with E-state index < -0.39 is 0 Å². The highest BCUT2D eigenvalue weighted by Crippen LogP contribution is 2.37. The van der Waals surface area contributed by atoms with Crippen LogP contribution < -0.4 is 4.74 Å². The lowest BCUT2D eigenvalue weighted by Gasteiger charge is -2.12. The highest BCUT2D eigenvalue weighted by Gasteiger charge is 2.11. The van der Waals surface area contributed by atoms with Gasteiger partial charge in [0, 0.05) is 16.3 Å². The van der Waals surface area contributed by atoms with Crippen LogP contribution in [-0.2, 0) is 0 Å². The van der Waals surface area contributed by atoms with E-state index in [4.69, 9.17) is 9.15 Å². The Labute approximate surface area is 199 Å². The Morgan fingerprint density at radius 2 is 1.15 bits per heavy atom. The van der Waals surface area contributed by atoms with Crippen molar-refractivity contribution in [3.8, 4) is 39.1 Å². The number of benzene rings is 5. The minimum atomic E-state index is 0.874. The first-order chi connectivity index (χ1) is 16.7. The van der Waals surface area contributed by atoms with Crippen LogP contribution in [0.25, 0.3) is 55.3 Å². The van der Waals surface area contributed by atoms with Gasteiger partial charge < -0.3 is 9.15 Å². The zero-order valence-electron chi connectivity index (χ0n) is 19.2. The molecule has 0 N–H and O–H groups in total. The van der Waals surface area contributed by atoms with Crippen molar-refractivity contribution in [2.24, 2.45) is 0 Å². The van der Waals surface area contributed by atoms with E-state index in [0.29, 0.717) is 0 Å². The molecule has 0 saturated carbocycles. The van der Waals surface area contributed by atoms with Gasteiger partial charge in [0.15, 0.2) is 0 Å². The van der Waals surface area contributed by atoms with Gasteiger partial charge in [-0.15, -0.1) is 0 Å². The number of furan rings is 1. The minimum absolute atomic E-state index is 0.874. The van der Waals surface area contributed by atoms with Gasteiger partial charge >= 0.3 is 0 Å². The smallest absolute Gasteiger partial charge is 0.135 e. The van der Waals surface area contributed by atoms with Gasteiger partial charge in [0.1, 0.15) is 16.9 Å². The van der Waals surface area contributed by atoms with E-state index in [2.05, 4.69) is 110 Å². The SMILES string of the molecule is COc1ccc(-c2cccc(-c3ccc4oc5ccc(C)cc5c4c3)c2)cc1-c1ccccc1. The van der Waals surface area contributed by atoms with Crippen molar-refractivity contribution in [3.05, 3.63) is 115 Å². The van der Waals surface area contributed by atoms with Crippen LogP contribution in [-0.4, -0.2) is 7.11 Å². The second-order valence-electron chi connectivity index (χ2n) is 8.67. The molecule has 0 spiro atoms. The Balaban J connectivity index is 1.45. The summed E-state index contributed by atoms with van der Waals surface area (Å²) >= 11 is 0. The first kappa shape index (κ1) is 20.3. The van der Waals surface area contributed by atoms with Gasteiger partial charge in [-0.25, -0.2) is 0 Å². The van der Waals surface area contributed by atoms with Gasteiger partial charge in [-0.2, -0.15) is 0 Å². The molecule has 0 unspecified atom stereocenters. The van der Waals surface area contributed by atoms with Gasteiger partial charge in [-0.1, -0.05) is 72.3 Å². The van der Waals surface area contributed by atoms with Crippen LogP contribution in [0.2, 0.25) is 0 Å². The van der Waals surface area contributed by atoms with Gasteiger partial charge in [0.05, 0.1) is 7.11 Å². The summed E-state index contributed by atoms with van der Waals surface area (Å²) < 4.78 is 11.7. The van der Waals surface area contributed by atoms with Crippen molar-refractivity contribution < 1.29 is 9.15 Å². The van der Waals surface area contributed by atoms with Crippen LogP contribution in [0.15, 0.2) is 114 Å². The summed E-state index contributed by atoms with van der Waals surface area (Å²) in [7, 11) is 1.72. The van der Waals surface area contributed by atoms with Crippen LogP contribution in [0.5, 0.6) is 5.75 Å². The van der Waals surface area contributed by atoms with Crippen LogP contribution in [0.4, 0.5) is 0 Å². The van der Waals surface area contributed by atoms with Gasteiger partial charge in [-0.05, 0) is 77.2 Å². The molecule has 1 heterocycles. The monoisotopic (exact) mass is 440 g/mol. The number of aryl methyl sites for hydroxylation is 1. The van der Waals surface area contributed by atoms with Crippen LogP contribution >= 0.6 is 0 Å². The molecule has 0 bridgehead atoms. The standard InChI is InChI=1S/C32H24O2/c1-21-11-14-31-28(17-21)29-20-26(13-16-32(29)34-31)24-10-6-9-23(18-24)25-12-15-30(33-2)27(19-25)22-7-4-3-5-8-22/h3-20H,1-2H3. The third-order valence-corrected chi connectivity index (χ3v) is 6.44. The Morgan fingerprint density at radius 3 is 1.91 bits per heavy atom.